The molecule has 6 heteroatoms. The molecule has 27 heavy (non-hydrogen) atoms. The molecule has 1 fully saturated rings. The number of benzene rings is 2. The van der Waals surface area contributed by atoms with Gasteiger partial charge in [-0.3, -0.25) is 0 Å². The van der Waals surface area contributed by atoms with Crippen molar-refractivity contribution in [3.63, 3.8) is 0 Å². The van der Waals surface area contributed by atoms with Gasteiger partial charge in [0.2, 0.25) is 0 Å². The number of hydrogen-bond donors (Lipinski definition) is 1. The number of aromatic hydroxyl groups is 1. The number of phenolic OH excluding ortho intramolecular Hbond substituents is 1. The zero-order valence-electron chi connectivity index (χ0n) is 15.4. The van der Waals surface area contributed by atoms with Crippen molar-refractivity contribution in [1.29, 1.82) is 0 Å². The minimum Gasteiger partial charge on any atom is -0.507 e. The van der Waals surface area contributed by atoms with Gasteiger partial charge in [0, 0.05) is 11.1 Å². The molecule has 2 heterocycles. The lowest BCUT2D eigenvalue weighted by Crippen LogP contribution is -2.11. The third kappa shape index (κ3) is 3.25. The fourth-order valence-electron chi connectivity index (χ4n) is 3.82. The Balaban J connectivity index is 1.93. The maximum atomic E-state index is 12.0. The van der Waals surface area contributed by atoms with Gasteiger partial charge in [0.15, 0.2) is 9.84 Å². The van der Waals surface area contributed by atoms with Crippen molar-refractivity contribution < 1.29 is 13.5 Å². The van der Waals surface area contributed by atoms with Gasteiger partial charge in [-0.2, -0.15) is 0 Å². The van der Waals surface area contributed by atoms with Gasteiger partial charge in [0.1, 0.15) is 5.75 Å². The van der Waals surface area contributed by atoms with Crippen LogP contribution in [0.1, 0.15) is 23.6 Å². The van der Waals surface area contributed by atoms with Crippen LogP contribution in [0.2, 0.25) is 0 Å². The van der Waals surface area contributed by atoms with Gasteiger partial charge in [0.05, 0.1) is 35.3 Å². The summed E-state index contributed by atoms with van der Waals surface area (Å²) in [5.74, 6) is 0.638. The largest absolute Gasteiger partial charge is 0.507 e. The van der Waals surface area contributed by atoms with Gasteiger partial charge in [0.25, 0.3) is 0 Å². The average Bonchev–Trinajstić information content (AvgIpc) is 3.23. The highest BCUT2D eigenvalue weighted by atomic mass is 32.2. The van der Waals surface area contributed by atoms with Crippen LogP contribution in [-0.4, -0.2) is 34.6 Å². The first-order valence-electron chi connectivity index (χ1n) is 8.99. The van der Waals surface area contributed by atoms with E-state index >= 15 is 0 Å². The quantitative estimate of drug-likeness (QED) is 0.746. The Morgan fingerprint density at radius 2 is 1.74 bits per heavy atom. The van der Waals surface area contributed by atoms with Crippen molar-refractivity contribution in [3.8, 4) is 28.3 Å². The van der Waals surface area contributed by atoms with Gasteiger partial charge in [-0.25, -0.2) is 13.4 Å². The van der Waals surface area contributed by atoms with Crippen LogP contribution in [0.5, 0.6) is 5.75 Å². The summed E-state index contributed by atoms with van der Waals surface area (Å²) in [6, 6.07) is 13.6. The van der Waals surface area contributed by atoms with E-state index in [0.717, 1.165) is 33.6 Å². The molecule has 0 bridgehead atoms. The fraction of sp³-hybridized carbons (Fsp3) is 0.286. The average molecular weight is 382 g/mol. The van der Waals surface area contributed by atoms with Crippen LogP contribution in [0.25, 0.3) is 22.5 Å². The summed E-state index contributed by atoms with van der Waals surface area (Å²) in [5.41, 5.74) is 5.21. The summed E-state index contributed by atoms with van der Waals surface area (Å²) >= 11 is 0. The topological polar surface area (TPSA) is 72.2 Å². The smallest absolute Gasteiger partial charge is 0.152 e. The molecule has 0 saturated carbocycles. The first-order chi connectivity index (χ1) is 12.9. The molecule has 0 unspecified atom stereocenters. The summed E-state index contributed by atoms with van der Waals surface area (Å²) in [6.07, 6.45) is 2.34. The maximum absolute atomic E-state index is 12.0. The van der Waals surface area contributed by atoms with Crippen LogP contribution in [0.15, 0.2) is 48.8 Å². The Kier molecular flexibility index (Phi) is 4.30. The third-order valence-corrected chi connectivity index (χ3v) is 6.96. The lowest BCUT2D eigenvalue weighted by atomic mass is 9.99. The molecule has 1 aliphatic heterocycles. The molecule has 140 valence electrons. The molecule has 1 aliphatic rings. The predicted molar refractivity (Wildman–Crippen MR) is 107 cm³/mol. The lowest BCUT2D eigenvalue weighted by Gasteiger charge is -2.17. The second kappa shape index (κ2) is 6.53. The van der Waals surface area contributed by atoms with E-state index in [-0.39, 0.29) is 23.3 Å². The summed E-state index contributed by atoms with van der Waals surface area (Å²) in [7, 11) is -3.01. The number of aryl methyl sites for hydroxylation is 2. The second-order valence-corrected chi connectivity index (χ2v) is 9.46. The molecular formula is C21H22N2O3S. The van der Waals surface area contributed by atoms with Crippen molar-refractivity contribution in [2.24, 2.45) is 0 Å². The molecule has 0 amide bonds. The van der Waals surface area contributed by atoms with Gasteiger partial charge in [-0.15, -0.1) is 0 Å². The standard InChI is InChI=1S/C21H22N2O3S/c1-14-10-17(11-15(2)21(14)24)20-19(16-6-4-3-5-7-16)22-13-23(20)18-8-9-27(25,26)12-18/h3-7,10-11,13,18,24H,8-9,12H2,1-2H3/t18-/m1/s1. The molecule has 4 rings (SSSR count). The minimum atomic E-state index is -3.01. The van der Waals surface area contributed by atoms with Gasteiger partial charge in [-0.1, -0.05) is 30.3 Å². The molecule has 0 radical (unpaired) electrons. The number of aromatic nitrogens is 2. The van der Waals surface area contributed by atoms with Crippen LogP contribution in [0.4, 0.5) is 0 Å². The first-order valence-corrected chi connectivity index (χ1v) is 10.8. The highest BCUT2D eigenvalue weighted by Crippen LogP contribution is 2.38. The van der Waals surface area contributed by atoms with E-state index in [1.165, 1.54) is 0 Å². The Hall–Kier alpha value is -2.60. The summed E-state index contributed by atoms with van der Waals surface area (Å²) in [5, 5.41) is 10.2. The minimum absolute atomic E-state index is 0.121. The Bertz CT molecular complexity index is 1080. The van der Waals surface area contributed by atoms with Gasteiger partial charge >= 0.3 is 0 Å². The van der Waals surface area contributed by atoms with Crippen molar-refractivity contribution in [3.05, 3.63) is 59.9 Å². The summed E-state index contributed by atoms with van der Waals surface area (Å²) in [4.78, 5) is 4.64. The molecule has 1 saturated heterocycles. The number of nitrogens with zero attached hydrogens (tertiary/aromatic N) is 2. The molecule has 1 N–H and O–H groups in total. The number of phenols is 1. The van der Waals surface area contributed by atoms with Crippen molar-refractivity contribution in [2.45, 2.75) is 26.3 Å². The number of hydrogen-bond acceptors (Lipinski definition) is 4. The predicted octanol–water partition coefficient (Wildman–Crippen LogP) is 3.90. The Morgan fingerprint density at radius 3 is 2.33 bits per heavy atom. The molecule has 1 aromatic heterocycles. The normalized spacial score (nSPS) is 18.7. The van der Waals surface area contributed by atoms with Crippen LogP contribution < -0.4 is 0 Å². The number of imidazole rings is 1. The van der Waals surface area contributed by atoms with E-state index in [1.54, 1.807) is 6.33 Å². The van der Waals surface area contributed by atoms with E-state index in [9.17, 15) is 13.5 Å². The summed E-state index contributed by atoms with van der Waals surface area (Å²) in [6.45, 7) is 3.74. The first kappa shape index (κ1) is 17.8. The van der Waals surface area contributed by atoms with E-state index in [1.807, 2.05) is 60.9 Å². The van der Waals surface area contributed by atoms with E-state index < -0.39 is 9.84 Å². The SMILES string of the molecule is Cc1cc(-c2c(-c3ccccc3)ncn2[C@@H]2CCS(=O)(=O)C2)cc(C)c1O. The van der Waals surface area contributed by atoms with Gasteiger partial charge < -0.3 is 9.67 Å². The van der Waals surface area contributed by atoms with E-state index in [2.05, 4.69) is 4.98 Å². The van der Waals surface area contributed by atoms with Crippen molar-refractivity contribution in [1.82, 2.24) is 9.55 Å². The molecular weight excluding hydrogens is 360 g/mol. The molecule has 0 spiro atoms. The summed E-state index contributed by atoms with van der Waals surface area (Å²) < 4.78 is 26.0. The molecule has 3 aromatic rings. The van der Waals surface area contributed by atoms with E-state index in [0.29, 0.717) is 6.42 Å². The highest BCUT2D eigenvalue weighted by Gasteiger charge is 2.31. The zero-order chi connectivity index (χ0) is 19.2. The fourth-order valence-corrected chi connectivity index (χ4v) is 5.53. The second-order valence-electron chi connectivity index (χ2n) is 7.23. The monoisotopic (exact) mass is 382 g/mol. The third-order valence-electron chi connectivity index (χ3n) is 5.21. The van der Waals surface area contributed by atoms with Crippen LogP contribution in [-0.2, 0) is 9.84 Å². The maximum Gasteiger partial charge on any atom is 0.152 e. The van der Waals surface area contributed by atoms with Gasteiger partial charge in [-0.05, 0) is 43.5 Å². The van der Waals surface area contributed by atoms with Crippen LogP contribution in [0, 0.1) is 13.8 Å². The Labute approximate surface area is 159 Å². The molecule has 0 aliphatic carbocycles. The van der Waals surface area contributed by atoms with E-state index in [4.69, 9.17) is 0 Å². The highest BCUT2D eigenvalue weighted by molar-refractivity contribution is 7.91. The van der Waals surface area contributed by atoms with Crippen LogP contribution >= 0.6 is 0 Å². The van der Waals surface area contributed by atoms with Crippen molar-refractivity contribution in [2.75, 3.05) is 11.5 Å². The molecule has 1 atom stereocenters. The number of sulfone groups is 1. The van der Waals surface area contributed by atoms with Crippen molar-refractivity contribution >= 4 is 9.84 Å². The van der Waals surface area contributed by atoms with Crippen LogP contribution in [0.3, 0.4) is 0 Å². The lowest BCUT2D eigenvalue weighted by molar-refractivity contribution is 0.467. The zero-order valence-corrected chi connectivity index (χ0v) is 16.2. The Morgan fingerprint density at radius 1 is 1.07 bits per heavy atom. The molecule has 2 aromatic carbocycles. The molecule has 5 nitrogen and oxygen atoms in total. The number of rotatable bonds is 3.